The van der Waals surface area contributed by atoms with Crippen molar-refractivity contribution in [2.24, 2.45) is 5.73 Å². The number of aromatic amines is 1. The van der Waals surface area contributed by atoms with E-state index in [9.17, 15) is 4.79 Å². The van der Waals surface area contributed by atoms with Crippen LogP contribution in [-0.4, -0.2) is 79.3 Å². The highest BCUT2D eigenvalue weighted by atomic mass is 16.3. The Morgan fingerprint density at radius 2 is 2.21 bits per heavy atom. The minimum atomic E-state index is -0.133. The van der Waals surface area contributed by atoms with Gasteiger partial charge in [0.1, 0.15) is 11.5 Å². The molecule has 3 aromatic rings. The van der Waals surface area contributed by atoms with Crippen molar-refractivity contribution in [1.29, 1.82) is 0 Å². The number of fused-ring (bicyclic) bond motifs is 1. The van der Waals surface area contributed by atoms with E-state index in [4.69, 9.17) is 20.9 Å². The summed E-state index contributed by atoms with van der Waals surface area (Å²) >= 11 is 0. The normalized spacial score (nSPS) is 21.2. The molecule has 2 saturated heterocycles. The predicted molar refractivity (Wildman–Crippen MR) is 124 cm³/mol. The lowest BCUT2D eigenvalue weighted by Gasteiger charge is -2.34. The number of imidazole rings is 1. The number of aromatic nitrogens is 5. The molecule has 2 fully saturated rings. The number of amides is 1. The average Bonchev–Trinajstić information content (AvgIpc) is 3.56. The van der Waals surface area contributed by atoms with Gasteiger partial charge in [-0.25, -0.2) is 14.5 Å². The van der Waals surface area contributed by atoms with Crippen molar-refractivity contribution >= 4 is 23.2 Å². The molecule has 5 heterocycles. The number of hydrogen-bond acceptors (Lipinski definition) is 8. The zero-order chi connectivity index (χ0) is 22.9. The molecule has 33 heavy (non-hydrogen) atoms. The van der Waals surface area contributed by atoms with Crippen molar-refractivity contribution in [1.82, 2.24) is 29.5 Å². The first-order chi connectivity index (χ1) is 16.0. The van der Waals surface area contributed by atoms with Crippen LogP contribution < -0.4 is 16.0 Å². The molecule has 2 aliphatic heterocycles. The van der Waals surface area contributed by atoms with Crippen LogP contribution in [0.4, 0.5) is 11.6 Å². The fraction of sp³-hybridized carbons (Fsp3) is 0.545. The second kappa shape index (κ2) is 8.99. The summed E-state index contributed by atoms with van der Waals surface area (Å²) in [7, 11) is 0. The molecule has 0 aromatic carbocycles. The Bertz CT molecular complexity index is 1140. The molecule has 0 saturated carbocycles. The Labute approximate surface area is 192 Å². The SMILES string of the molecule is Cc1cn2nc([C@@H]3CCCCN3C(=O)c3[nH]cnc3NCCO)cc2nc1N1CC[C@H](N)C1. The van der Waals surface area contributed by atoms with Gasteiger partial charge in [-0.3, -0.25) is 4.79 Å². The lowest BCUT2D eigenvalue weighted by Crippen LogP contribution is -2.39. The van der Waals surface area contributed by atoms with Crippen LogP contribution in [0, 0.1) is 6.92 Å². The molecule has 3 aromatic heterocycles. The largest absolute Gasteiger partial charge is 0.395 e. The number of carbonyl (C=O) groups is 1. The van der Waals surface area contributed by atoms with Gasteiger partial charge in [0.2, 0.25) is 0 Å². The molecule has 0 unspecified atom stereocenters. The van der Waals surface area contributed by atoms with Crippen molar-refractivity contribution in [2.75, 3.05) is 43.0 Å². The molecule has 2 atom stereocenters. The standard InChI is InChI=1S/C22H31N9O2/c1-14-11-31-18(27-21(14)29-8-5-15(23)12-29)10-16(28-31)17-4-2-3-7-30(17)22(33)19-20(24-6-9-32)26-13-25-19/h10-11,13,15,17,24,32H,2-9,12,23H2,1H3,(H,25,26)/t15-,17-/m0/s1. The third-order valence-electron chi connectivity index (χ3n) is 6.51. The number of aliphatic hydroxyl groups is 1. The van der Waals surface area contributed by atoms with Gasteiger partial charge in [0.15, 0.2) is 11.5 Å². The Morgan fingerprint density at radius 3 is 3.00 bits per heavy atom. The van der Waals surface area contributed by atoms with Gasteiger partial charge in [-0.05, 0) is 32.6 Å². The van der Waals surface area contributed by atoms with Gasteiger partial charge in [0, 0.05) is 50.0 Å². The average molecular weight is 454 g/mol. The fourth-order valence-corrected chi connectivity index (χ4v) is 4.87. The van der Waals surface area contributed by atoms with Gasteiger partial charge in [-0.2, -0.15) is 5.10 Å². The lowest BCUT2D eigenvalue weighted by molar-refractivity contribution is 0.0601. The molecule has 1 amide bonds. The molecule has 0 radical (unpaired) electrons. The molecule has 0 spiro atoms. The molecule has 5 rings (SSSR count). The zero-order valence-electron chi connectivity index (χ0n) is 18.9. The third kappa shape index (κ3) is 4.13. The van der Waals surface area contributed by atoms with Gasteiger partial charge in [0.25, 0.3) is 5.91 Å². The van der Waals surface area contributed by atoms with Crippen molar-refractivity contribution in [3.8, 4) is 0 Å². The molecule has 2 aliphatic rings. The summed E-state index contributed by atoms with van der Waals surface area (Å²) < 4.78 is 1.81. The smallest absolute Gasteiger partial charge is 0.274 e. The number of H-pyrrole nitrogens is 1. The summed E-state index contributed by atoms with van der Waals surface area (Å²) in [5.41, 5.74) is 9.17. The number of rotatable bonds is 6. The van der Waals surface area contributed by atoms with Crippen LogP contribution in [-0.2, 0) is 0 Å². The van der Waals surface area contributed by atoms with Crippen LogP contribution in [0.25, 0.3) is 5.65 Å². The highest BCUT2D eigenvalue weighted by molar-refractivity contribution is 5.97. The lowest BCUT2D eigenvalue weighted by atomic mass is 9.99. The number of nitrogens with zero attached hydrogens (tertiary/aromatic N) is 6. The number of nitrogens with one attached hydrogen (secondary N) is 2. The van der Waals surface area contributed by atoms with E-state index in [2.05, 4.69) is 20.2 Å². The maximum absolute atomic E-state index is 13.4. The van der Waals surface area contributed by atoms with Gasteiger partial charge in [-0.15, -0.1) is 0 Å². The van der Waals surface area contributed by atoms with Gasteiger partial charge < -0.3 is 30.9 Å². The predicted octanol–water partition coefficient (Wildman–Crippen LogP) is 1.07. The third-order valence-corrected chi connectivity index (χ3v) is 6.51. The Balaban J connectivity index is 1.44. The van der Waals surface area contributed by atoms with E-state index in [1.165, 1.54) is 6.33 Å². The van der Waals surface area contributed by atoms with E-state index >= 15 is 0 Å². The minimum Gasteiger partial charge on any atom is -0.395 e. The summed E-state index contributed by atoms with van der Waals surface area (Å²) in [4.78, 5) is 29.6. The summed E-state index contributed by atoms with van der Waals surface area (Å²) in [6.45, 7) is 4.71. The molecular weight excluding hydrogens is 422 g/mol. The first-order valence-electron chi connectivity index (χ1n) is 11.6. The van der Waals surface area contributed by atoms with Crippen molar-refractivity contribution in [3.05, 3.63) is 35.5 Å². The molecule has 0 aliphatic carbocycles. The Kier molecular flexibility index (Phi) is 5.90. The molecule has 11 nitrogen and oxygen atoms in total. The number of aryl methyl sites for hydroxylation is 1. The molecule has 11 heteroatoms. The first kappa shape index (κ1) is 21.7. The number of likely N-dealkylation sites (tertiary alicyclic amines) is 1. The van der Waals surface area contributed by atoms with Crippen LogP contribution in [0.5, 0.6) is 0 Å². The summed E-state index contributed by atoms with van der Waals surface area (Å²) in [6, 6.07) is 2.04. The number of anilines is 2. The Hall–Kier alpha value is -3.18. The fourth-order valence-electron chi connectivity index (χ4n) is 4.87. The number of hydrogen-bond donors (Lipinski definition) is 4. The molecule has 0 bridgehead atoms. The summed E-state index contributed by atoms with van der Waals surface area (Å²) in [6.07, 6.45) is 7.29. The van der Waals surface area contributed by atoms with E-state index in [1.54, 1.807) is 0 Å². The highest BCUT2D eigenvalue weighted by Crippen LogP contribution is 2.33. The number of carbonyl (C=O) groups excluding carboxylic acids is 1. The van der Waals surface area contributed by atoms with Crippen LogP contribution in [0.2, 0.25) is 0 Å². The summed E-state index contributed by atoms with van der Waals surface area (Å²) in [5.74, 6) is 1.29. The number of nitrogens with two attached hydrogens (primary N) is 1. The van der Waals surface area contributed by atoms with Crippen molar-refractivity contribution in [2.45, 2.75) is 44.7 Å². The number of aliphatic hydroxyl groups excluding tert-OH is 1. The first-order valence-corrected chi connectivity index (χ1v) is 11.6. The summed E-state index contributed by atoms with van der Waals surface area (Å²) in [5, 5.41) is 16.9. The second-order valence-electron chi connectivity index (χ2n) is 8.90. The van der Waals surface area contributed by atoms with E-state index < -0.39 is 0 Å². The Morgan fingerprint density at radius 1 is 1.33 bits per heavy atom. The van der Waals surface area contributed by atoms with E-state index in [1.807, 2.05) is 28.6 Å². The molecule has 176 valence electrons. The maximum Gasteiger partial charge on any atom is 0.274 e. The zero-order valence-corrected chi connectivity index (χ0v) is 18.9. The van der Waals surface area contributed by atoms with Crippen LogP contribution in [0.1, 0.15) is 53.5 Å². The number of piperidine rings is 1. The monoisotopic (exact) mass is 453 g/mol. The van der Waals surface area contributed by atoms with Crippen molar-refractivity contribution in [3.63, 3.8) is 0 Å². The van der Waals surface area contributed by atoms with Crippen LogP contribution >= 0.6 is 0 Å². The van der Waals surface area contributed by atoms with Gasteiger partial charge >= 0.3 is 0 Å². The molecule has 5 N–H and O–H groups in total. The van der Waals surface area contributed by atoms with Gasteiger partial charge in [-0.1, -0.05) is 0 Å². The molecular formula is C22H31N9O2. The quantitative estimate of drug-likeness (QED) is 0.434. The van der Waals surface area contributed by atoms with E-state index in [-0.39, 0.29) is 24.6 Å². The minimum absolute atomic E-state index is 0.0359. The van der Waals surface area contributed by atoms with Gasteiger partial charge in [0.05, 0.1) is 24.7 Å². The topological polar surface area (TPSA) is 141 Å². The van der Waals surface area contributed by atoms with E-state index in [0.29, 0.717) is 24.6 Å². The second-order valence-corrected chi connectivity index (χ2v) is 8.90. The van der Waals surface area contributed by atoms with E-state index in [0.717, 1.165) is 61.5 Å². The van der Waals surface area contributed by atoms with Crippen LogP contribution in [0.3, 0.4) is 0 Å². The maximum atomic E-state index is 13.4. The van der Waals surface area contributed by atoms with Crippen molar-refractivity contribution < 1.29 is 9.90 Å². The highest BCUT2D eigenvalue weighted by Gasteiger charge is 2.33. The van der Waals surface area contributed by atoms with Crippen LogP contribution in [0.15, 0.2) is 18.6 Å².